The summed E-state index contributed by atoms with van der Waals surface area (Å²) in [5, 5.41) is 62.5. The van der Waals surface area contributed by atoms with Crippen molar-refractivity contribution >= 4 is 144 Å². The Balaban J connectivity index is 1.45. The van der Waals surface area contributed by atoms with Gasteiger partial charge in [0.2, 0.25) is 70.9 Å². The van der Waals surface area contributed by atoms with E-state index >= 15 is 4.79 Å². The van der Waals surface area contributed by atoms with Gasteiger partial charge in [-0.1, -0.05) is 99.5 Å². The Hall–Kier alpha value is -10.1. The number of para-hydroxylation sites is 2. The molecular formula is C71H99N17O18S3. The highest BCUT2D eigenvalue weighted by atomic mass is 33.1. The number of aliphatic hydroxyl groups is 1. The van der Waals surface area contributed by atoms with Crippen LogP contribution in [-0.4, -0.2) is 233 Å². The summed E-state index contributed by atoms with van der Waals surface area (Å²) < 4.78 is 0. The highest BCUT2D eigenvalue weighted by Gasteiger charge is 2.39. The maximum atomic E-state index is 15.2. The van der Waals surface area contributed by atoms with Crippen LogP contribution in [0.1, 0.15) is 104 Å². The van der Waals surface area contributed by atoms with Crippen LogP contribution in [0.2, 0.25) is 0 Å². The minimum Gasteiger partial charge on any atom is -0.481 e. The SMILES string of the molecule is CSCC(=O)[C@@H](NC(=O)[C@@H]1CSSC[C@H](NC(=O)[C@@H](N)CC(=O)O)C(=O)N[C@@H](C)C(=O)N[C@@H](Cc2c[nH]c3ccccc23)C(=O)N[C@@H](Cc2c[nH]cn2)C(=O)N[C@@H](CC(C)C)C(=O)NCC(=O)N[C@@H](CCC(=O)O)C(=O)N[C@@H](CC(C)C)C(=O)N[C@@H](C(C)C)C(=O)N[C@@H](Cc2c[nH]c3ccccc23)C(=O)N1)[C@@H](C)O. The van der Waals surface area contributed by atoms with E-state index in [0.717, 1.165) is 33.3 Å². The molecule has 1 aliphatic heterocycles. The molecule has 6 rings (SSSR count). The fraction of sp³-hybridized carbons (Fsp3) is 0.521. The van der Waals surface area contributed by atoms with E-state index < -0.39 is 210 Å². The van der Waals surface area contributed by atoms with Gasteiger partial charge in [0, 0.05) is 77.6 Å². The van der Waals surface area contributed by atoms with Crippen LogP contribution in [0.15, 0.2) is 73.4 Å². The fourth-order valence-corrected chi connectivity index (χ4v) is 14.5. The lowest BCUT2D eigenvalue weighted by atomic mass is 9.98. The second kappa shape index (κ2) is 42.6. The van der Waals surface area contributed by atoms with E-state index in [9.17, 15) is 82.4 Å². The third-order valence-corrected chi connectivity index (χ3v) is 20.4. The van der Waals surface area contributed by atoms with Gasteiger partial charge in [0.05, 0.1) is 42.9 Å². The Bertz CT molecular complexity index is 4040. The number of nitrogens with two attached hydrogens (primary N) is 1. The van der Waals surface area contributed by atoms with E-state index in [1.807, 2.05) is 0 Å². The zero-order valence-corrected chi connectivity index (χ0v) is 64.3. The lowest BCUT2D eigenvalue weighted by Gasteiger charge is -2.29. The van der Waals surface area contributed by atoms with Crippen LogP contribution < -0.4 is 69.5 Å². The van der Waals surface area contributed by atoms with Crippen LogP contribution in [0.3, 0.4) is 0 Å². The Kier molecular flexibility index (Phi) is 34.4. The number of ketones is 1. The van der Waals surface area contributed by atoms with Gasteiger partial charge in [-0.3, -0.25) is 71.9 Å². The summed E-state index contributed by atoms with van der Waals surface area (Å²) in [4.78, 5) is 225. The van der Waals surface area contributed by atoms with Gasteiger partial charge >= 0.3 is 11.9 Å². The number of thioether (sulfide) groups is 1. The maximum absolute atomic E-state index is 15.2. The molecule has 38 heteroatoms. The van der Waals surface area contributed by atoms with Crippen molar-refractivity contribution in [3.63, 3.8) is 0 Å². The number of hydrogen-bond donors (Lipinski definition) is 19. The van der Waals surface area contributed by atoms with Crippen molar-refractivity contribution < 1.29 is 87.2 Å². The van der Waals surface area contributed by atoms with Crippen LogP contribution >= 0.6 is 33.3 Å². The first-order valence-electron chi connectivity index (χ1n) is 35.4. The number of aromatic nitrogens is 4. The zero-order valence-electron chi connectivity index (χ0n) is 61.9. The van der Waals surface area contributed by atoms with Gasteiger partial charge < -0.3 is 99.8 Å². The number of carbonyl (C=O) groups excluding carboxylic acids is 13. The summed E-state index contributed by atoms with van der Waals surface area (Å²) in [6.45, 7) is 11.8. The van der Waals surface area contributed by atoms with E-state index in [1.54, 1.807) is 109 Å². The second-order valence-electron chi connectivity index (χ2n) is 27.7. The minimum atomic E-state index is -1.71. The van der Waals surface area contributed by atoms with Crippen molar-refractivity contribution in [2.24, 2.45) is 23.5 Å². The number of aromatic amines is 3. The quantitative estimate of drug-likeness (QED) is 0.0329. The molecule has 0 bridgehead atoms. The standard InChI is InChI=1S/C71H99N17O18S3/c1-34(2)20-48-63(98)76-29-56(91)79-47(18-19-57(92)93)64(99)82-49(21-35(3)4)68(103)87-59(36(5)6)71(106)84-51(23-40-27-75-46-17-13-11-15-43(40)46)66(101)86-54(70(105)88-60(38(8)89)55(90)32-107-9)31-109-108-30-53(85-62(97)44(72)25-58(94)95)69(104)78-37(7)61(96)80-50(22-39-26-74-45-16-12-10-14-42(39)45)65(100)83-52(67(102)81-48)24-41-28-73-33-77-41/h10-17,26-28,33-38,44,47-54,59-60,74-75,89H,18-25,29-32,72H2,1-9H3,(H,73,77)(H,76,98)(H,78,104)(H,79,91)(H,80,96)(H,81,102)(H,82,99)(H,83,100)(H,84,106)(H,85,97)(H,86,101)(H,87,103)(H,88,105)(H,92,93)(H,94,95)/t37-,38+,44-,47-,48-,49-,50-,51-,52-,53-,54-,59-,60-/m0/s1. The van der Waals surface area contributed by atoms with Gasteiger partial charge in [-0.15, -0.1) is 0 Å². The van der Waals surface area contributed by atoms with Crippen molar-refractivity contribution in [1.29, 1.82) is 0 Å². The number of fused-ring (bicyclic) bond motifs is 2. The summed E-state index contributed by atoms with van der Waals surface area (Å²) in [5.41, 5.74) is 8.54. The molecule has 594 valence electrons. The van der Waals surface area contributed by atoms with Gasteiger partial charge in [0.1, 0.15) is 66.5 Å². The molecule has 109 heavy (non-hydrogen) atoms. The molecule has 1 aliphatic rings. The summed E-state index contributed by atoms with van der Waals surface area (Å²) in [5.74, 6) is -17.6. The molecule has 0 saturated carbocycles. The van der Waals surface area contributed by atoms with Gasteiger partial charge in [0.25, 0.3) is 0 Å². The van der Waals surface area contributed by atoms with E-state index in [4.69, 9.17) is 5.73 Å². The minimum absolute atomic E-state index is 0.0423. The number of carboxylic acids is 2. The fourth-order valence-electron chi connectivity index (χ4n) is 11.7. The first-order valence-corrected chi connectivity index (χ1v) is 39.3. The molecule has 12 amide bonds. The van der Waals surface area contributed by atoms with E-state index in [2.05, 4.69) is 83.7 Å². The third-order valence-electron chi connectivity index (χ3n) is 17.4. The molecule has 3 aromatic heterocycles. The number of nitrogens with one attached hydrogen (secondary N) is 15. The predicted octanol–water partition coefficient (Wildman–Crippen LogP) is -1.01. The number of rotatable bonds is 24. The number of Topliss-reactive ketones (excluding diaryl/α,β-unsaturated/α-hetero) is 1. The first kappa shape index (κ1) is 87.9. The van der Waals surface area contributed by atoms with Crippen molar-refractivity contribution in [3.8, 4) is 0 Å². The largest absolute Gasteiger partial charge is 0.481 e. The van der Waals surface area contributed by atoms with Crippen molar-refractivity contribution in [1.82, 2.24) is 83.7 Å². The topological polar surface area (TPSA) is 547 Å². The molecule has 0 spiro atoms. The molecule has 0 unspecified atom stereocenters. The van der Waals surface area contributed by atoms with Crippen molar-refractivity contribution in [2.75, 3.05) is 30.1 Å². The average Bonchev–Trinajstić information content (AvgIpc) is 1.73. The molecule has 20 N–H and O–H groups in total. The molecule has 13 atom stereocenters. The number of nitrogens with zero attached hydrogens (tertiary/aromatic N) is 1. The Morgan fingerprint density at radius 2 is 1.11 bits per heavy atom. The first-order chi connectivity index (χ1) is 51.6. The van der Waals surface area contributed by atoms with Crippen LogP contribution in [0.4, 0.5) is 0 Å². The highest BCUT2D eigenvalue weighted by molar-refractivity contribution is 8.76. The molecule has 0 radical (unpaired) electrons. The Morgan fingerprint density at radius 3 is 1.64 bits per heavy atom. The predicted molar refractivity (Wildman–Crippen MR) is 407 cm³/mol. The van der Waals surface area contributed by atoms with Crippen LogP contribution in [0, 0.1) is 17.8 Å². The molecule has 35 nitrogen and oxygen atoms in total. The summed E-state index contributed by atoms with van der Waals surface area (Å²) in [7, 11) is 1.67. The van der Waals surface area contributed by atoms with Crippen LogP contribution in [0.25, 0.3) is 21.8 Å². The van der Waals surface area contributed by atoms with Gasteiger partial charge in [-0.05, 0) is 80.4 Å². The van der Waals surface area contributed by atoms with Gasteiger partial charge in [0.15, 0.2) is 5.78 Å². The average molecular weight is 1570 g/mol. The monoisotopic (exact) mass is 1570 g/mol. The number of aliphatic carboxylic acids is 2. The normalized spacial score (nSPS) is 23.0. The maximum Gasteiger partial charge on any atom is 0.305 e. The number of aliphatic hydroxyl groups excluding tert-OH is 1. The summed E-state index contributed by atoms with van der Waals surface area (Å²) >= 11 is 1.11. The molecule has 2 aromatic carbocycles. The summed E-state index contributed by atoms with van der Waals surface area (Å²) in [6.07, 6.45) is 3.12. The number of carboxylic acid groups (broad SMARTS) is 2. The third kappa shape index (κ3) is 27.5. The van der Waals surface area contributed by atoms with Crippen LogP contribution in [-0.2, 0) is 91.2 Å². The van der Waals surface area contributed by atoms with E-state index in [-0.39, 0.29) is 55.4 Å². The Labute approximate surface area is 640 Å². The lowest BCUT2D eigenvalue weighted by molar-refractivity contribution is -0.140. The number of benzene rings is 2. The smallest absolute Gasteiger partial charge is 0.305 e. The second-order valence-corrected chi connectivity index (χ2v) is 31.1. The van der Waals surface area contributed by atoms with E-state index in [1.165, 1.54) is 26.4 Å². The van der Waals surface area contributed by atoms with Crippen molar-refractivity contribution in [3.05, 3.63) is 90.3 Å². The number of imidazole rings is 1. The highest BCUT2D eigenvalue weighted by Crippen LogP contribution is 2.26. The molecule has 5 aromatic rings. The number of carbonyl (C=O) groups is 15. The van der Waals surface area contributed by atoms with Gasteiger partial charge in [-0.2, -0.15) is 11.8 Å². The number of hydrogen-bond acceptors (Lipinski definition) is 21. The van der Waals surface area contributed by atoms with E-state index in [0.29, 0.717) is 32.9 Å². The zero-order chi connectivity index (χ0) is 80.3. The lowest BCUT2D eigenvalue weighted by Crippen LogP contribution is -2.61. The molecule has 0 aliphatic carbocycles. The molecule has 4 heterocycles. The molecular weight excluding hydrogens is 1480 g/mol. The van der Waals surface area contributed by atoms with Crippen LogP contribution in [0.5, 0.6) is 0 Å². The Morgan fingerprint density at radius 1 is 0.596 bits per heavy atom. The number of H-pyrrole nitrogens is 3. The van der Waals surface area contributed by atoms with Gasteiger partial charge in [-0.25, -0.2) is 4.98 Å². The molecule has 1 saturated heterocycles. The van der Waals surface area contributed by atoms with Crippen molar-refractivity contribution in [2.45, 2.75) is 185 Å². The molecule has 1 fully saturated rings. The number of amides is 12. The summed E-state index contributed by atoms with van der Waals surface area (Å²) in [6, 6.07) is -4.75.